The van der Waals surface area contributed by atoms with Crippen molar-refractivity contribution >= 4 is 11.6 Å². The fourth-order valence-corrected chi connectivity index (χ4v) is 2.10. The second kappa shape index (κ2) is 6.63. The van der Waals surface area contributed by atoms with E-state index in [1.165, 1.54) is 0 Å². The third-order valence-electron chi connectivity index (χ3n) is 3.03. The Kier molecular flexibility index (Phi) is 5.46. The number of hydrogen-bond acceptors (Lipinski definition) is 3. The molecule has 1 aromatic carbocycles. The van der Waals surface area contributed by atoms with Crippen LogP contribution in [0.2, 0.25) is 5.02 Å². The molecular formula is C14H19ClN2O. The molecule has 98 valence electrons. The van der Waals surface area contributed by atoms with E-state index >= 15 is 0 Å². The summed E-state index contributed by atoms with van der Waals surface area (Å²) < 4.78 is 5.42. The zero-order valence-electron chi connectivity index (χ0n) is 11.4. The van der Waals surface area contributed by atoms with E-state index in [0.29, 0.717) is 6.42 Å². The highest BCUT2D eigenvalue weighted by Gasteiger charge is 2.14. The molecule has 0 radical (unpaired) electrons. The topological polar surface area (TPSA) is 36.3 Å². The van der Waals surface area contributed by atoms with Crippen molar-refractivity contribution in [1.29, 1.82) is 5.26 Å². The van der Waals surface area contributed by atoms with Crippen molar-refractivity contribution in [1.82, 2.24) is 4.90 Å². The average Bonchev–Trinajstić information content (AvgIpc) is 2.36. The highest BCUT2D eigenvalue weighted by atomic mass is 35.5. The second-order valence-electron chi connectivity index (χ2n) is 4.46. The molecule has 0 saturated carbocycles. The van der Waals surface area contributed by atoms with E-state index in [1.807, 2.05) is 27.0 Å². The molecule has 0 aliphatic carbocycles. The first-order valence-corrected chi connectivity index (χ1v) is 6.27. The van der Waals surface area contributed by atoms with Gasteiger partial charge in [-0.05, 0) is 38.1 Å². The number of methoxy groups -OCH3 is 1. The Morgan fingerprint density at radius 1 is 1.44 bits per heavy atom. The summed E-state index contributed by atoms with van der Waals surface area (Å²) in [5.41, 5.74) is 3.17. The number of aryl methyl sites for hydroxylation is 1. The normalized spacial score (nSPS) is 10.5. The van der Waals surface area contributed by atoms with Gasteiger partial charge >= 0.3 is 0 Å². The quantitative estimate of drug-likeness (QED) is 0.820. The Labute approximate surface area is 114 Å². The number of benzene rings is 1. The highest BCUT2D eigenvalue weighted by molar-refractivity contribution is 6.32. The fourth-order valence-electron chi connectivity index (χ4n) is 1.93. The first-order chi connectivity index (χ1) is 8.51. The van der Waals surface area contributed by atoms with Crippen LogP contribution in [0.15, 0.2) is 6.07 Å². The Hall–Kier alpha value is -1.24. The minimum absolute atomic E-state index is 0.525. The highest BCUT2D eigenvalue weighted by Crippen LogP contribution is 2.32. The molecule has 0 amide bonds. The van der Waals surface area contributed by atoms with Gasteiger partial charge in [0.2, 0.25) is 0 Å². The number of ether oxygens (including phenoxy) is 1. The molecule has 0 aliphatic rings. The van der Waals surface area contributed by atoms with Crippen molar-refractivity contribution in [3.63, 3.8) is 0 Å². The molecule has 0 aromatic heterocycles. The van der Waals surface area contributed by atoms with Crippen LogP contribution in [0.25, 0.3) is 0 Å². The monoisotopic (exact) mass is 266 g/mol. The Morgan fingerprint density at radius 3 is 2.67 bits per heavy atom. The lowest BCUT2D eigenvalue weighted by atomic mass is 10.0. The van der Waals surface area contributed by atoms with E-state index in [0.717, 1.165) is 40.6 Å². The molecule has 0 N–H and O–H groups in total. The first kappa shape index (κ1) is 14.8. The van der Waals surface area contributed by atoms with Crippen molar-refractivity contribution in [2.45, 2.75) is 26.8 Å². The van der Waals surface area contributed by atoms with Crippen LogP contribution >= 0.6 is 11.6 Å². The van der Waals surface area contributed by atoms with Crippen molar-refractivity contribution in [2.75, 3.05) is 20.7 Å². The Bertz CT molecular complexity index is 466. The predicted molar refractivity (Wildman–Crippen MR) is 74.0 cm³/mol. The van der Waals surface area contributed by atoms with E-state index in [2.05, 4.69) is 11.0 Å². The summed E-state index contributed by atoms with van der Waals surface area (Å²) in [4.78, 5) is 2.10. The Balaban J connectivity index is 3.00. The molecule has 1 rings (SSSR count). The lowest BCUT2D eigenvalue weighted by Crippen LogP contribution is -2.20. The van der Waals surface area contributed by atoms with Crippen LogP contribution in [0.3, 0.4) is 0 Å². The third-order valence-corrected chi connectivity index (χ3v) is 3.61. The van der Waals surface area contributed by atoms with Crippen LogP contribution in [-0.2, 0) is 6.54 Å². The van der Waals surface area contributed by atoms with Gasteiger partial charge in [0.1, 0.15) is 5.75 Å². The van der Waals surface area contributed by atoms with E-state index in [-0.39, 0.29) is 0 Å². The maximum Gasteiger partial charge on any atom is 0.123 e. The summed E-state index contributed by atoms with van der Waals surface area (Å²) in [5, 5.41) is 9.39. The minimum Gasteiger partial charge on any atom is -0.496 e. The van der Waals surface area contributed by atoms with Crippen molar-refractivity contribution < 1.29 is 4.74 Å². The molecule has 18 heavy (non-hydrogen) atoms. The molecule has 0 fully saturated rings. The molecule has 4 heteroatoms. The molecule has 0 unspecified atom stereocenters. The molecule has 0 atom stereocenters. The van der Waals surface area contributed by atoms with Gasteiger partial charge in [-0.1, -0.05) is 11.6 Å². The second-order valence-corrected chi connectivity index (χ2v) is 4.84. The molecule has 1 aromatic rings. The molecule has 0 aliphatic heterocycles. The molecule has 0 bridgehead atoms. The maximum absolute atomic E-state index is 8.59. The number of nitriles is 1. The number of hydrogen-bond donors (Lipinski definition) is 0. The molecule has 0 spiro atoms. The lowest BCUT2D eigenvalue weighted by Gasteiger charge is -2.20. The van der Waals surface area contributed by atoms with E-state index in [1.54, 1.807) is 7.11 Å². The van der Waals surface area contributed by atoms with E-state index in [4.69, 9.17) is 21.6 Å². The van der Waals surface area contributed by atoms with Crippen molar-refractivity contribution in [2.24, 2.45) is 0 Å². The molecule has 3 nitrogen and oxygen atoms in total. The van der Waals surface area contributed by atoms with Crippen molar-refractivity contribution in [3.05, 3.63) is 27.8 Å². The minimum atomic E-state index is 0.525. The van der Waals surface area contributed by atoms with E-state index in [9.17, 15) is 0 Å². The van der Waals surface area contributed by atoms with Gasteiger partial charge < -0.3 is 9.64 Å². The van der Waals surface area contributed by atoms with Crippen LogP contribution in [-0.4, -0.2) is 25.6 Å². The lowest BCUT2D eigenvalue weighted by molar-refractivity contribution is 0.323. The van der Waals surface area contributed by atoms with E-state index < -0.39 is 0 Å². The molecule has 0 heterocycles. The van der Waals surface area contributed by atoms with Crippen LogP contribution in [0.1, 0.15) is 23.1 Å². The van der Waals surface area contributed by atoms with Crippen molar-refractivity contribution in [3.8, 4) is 11.8 Å². The molecule has 0 saturated heterocycles. The standard InChI is InChI=1S/C14H19ClN2O/c1-10-8-13(18-4)12(11(2)14(10)15)9-17(3)7-5-6-16/h8H,5,7,9H2,1-4H3. The Morgan fingerprint density at radius 2 is 2.11 bits per heavy atom. The van der Waals surface area contributed by atoms with Crippen LogP contribution in [0.5, 0.6) is 5.75 Å². The van der Waals surface area contributed by atoms with Gasteiger partial charge in [0.05, 0.1) is 13.2 Å². The fraction of sp³-hybridized carbons (Fsp3) is 0.500. The van der Waals surface area contributed by atoms with Crippen LogP contribution < -0.4 is 4.74 Å². The van der Waals surface area contributed by atoms with Gasteiger partial charge in [-0.15, -0.1) is 0 Å². The van der Waals surface area contributed by atoms with Gasteiger partial charge in [0.15, 0.2) is 0 Å². The van der Waals surface area contributed by atoms with Gasteiger partial charge in [-0.3, -0.25) is 0 Å². The summed E-state index contributed by atoms with van der Waals surface area (Å²) in [6, 6.07) is 4.11. The van der Waals surface area contributed by atoms with Gasteiger partial charge in [0, 0.05) is 30.1 Å². The third kappa shape index (κ3) is 3.38. The largest absolute Gasteiger partial charge is 0.496 e. The predicted octanol–water partition coefficient (Wildman–Crippen LogP) is 3.31. The van der Waals surface area contributed by atoms with Gasteiger partial charge in [-0.2, -0.15) is 5.26 Å². The smallest absolute Gasteiger partial charge is 0.123 e. The first-order valence-electron chi connectivity index (χ1n) is 5.89. The zero-order valence-corrected chi connectivity index (χ0v) is 12.1. The summed E-state index contributed by atoms with van der Waals surface area (Å²) in [7, 11) is 3.66. The summed E-state index contributed by atoms with van der Waals surface area (Å²) >= 11 is 6.27. The zero-order chi connectivity index (χ0) is 13.7. The van der Waals surface area contributed by atoms with Gasteiger partial charge in [-0.25, -0.2) is 0 Å². The number of rotatable bonds is 5. The van der Waals surface area contributed by atoms with Crippen LogP contribution in [0, 0.1) is 25.2 Å². The average molecular weight is 267 g/mol. The summed E-state index contributed by atoms with van der Waals surface area (Å²) in [5.74, 6) is 0.859. The SMILES string of the molecule is COc1cc(C)c(Cl)c(C)c1CN(C)CCC#N. The molecular weight excluding hydrogens is 248 g/mol. The van der Waals surface area contributed by atoms with Gasteiger partial charge in [0.25, 0.3) is 0 Å². The maximum atomic E-state index is 8.59. The summed E-state index contributed by atoms with van der Waals surface area (Å²) in [6.07, 6.45) is 0.525. The number of nitrogens with zero attached hydrogens (tertiary/aromatic N) is 2. The van der Waals surface area contributed by atoms with Crippen LogP contribution in [0.4, 0.5) is 0 Å². The summed E-state index contributed by atoms with van der Waals surface area (Å²) in [6.45, 7) is 5.45. The number of halogens is 1.